The van der Waals surface area contributed by atoms with Gasteiger partial charge >= 0.3 is 6.18 Å². The molecule has 0 spiro atoms. The van der Waals surface area contributed by atoms with Crippen molar-refractivity contribution in [3.8, 4) is 0 Å². The number of hydrogen-bond acceptors (Lipinski definition) is 4. The molecule has 0 heterocycles. The van der Waals surface area contributed by atoms with Crippen LogP contribution < -0.4 is 10.6 Å². The monoisotopic (exact) mass is 373 g/mol. The zero-order valence-corrected chi connectivity index (χ0v) is 16.1. The Morgan fingerprint density at radius 3 is 2.19 bits per heavy atom. The lowest BCUT2D eigenvalue weighted by Gasteiger charge is -2.37. The molecular weight excluding hydrogens is 346 g/mol. The Hall–Kier alpha value is -1.74. The first-order chi connectivity index (χ1) is 11.6. The predicted molar refractivity (Wildman–Crippen MR) is 99.6 cm³/mol. The molecule has 0 aliphatic rings. The van der Waals surface area contributed by atoms with Crippen LogP contribution in [0.4, 0.5) is 18.9 Å². The second-order valence-corrected chi connectivity index (χ2v) is 7.77. The van der Waals surface area contributed by atoms with Crippen molar-refractivity contribution in [1.82, 2.24) is 4.90 Å². The van der Waals surface area contributed by atoms with Crippen molar-refractivity contribution in [2.45, 2.75) is 45.8 Å². The van der Waals surface area contributed by atoms with E-state index in [0.717, 1.165) is 12.1 Å². The summed E-state index contributed by atoms with van der Waals surface area (Å²) in [7, 11) is 3.73. The number of hydrazone groups is 1. The fourth-order valence-electron chi connectivity index (χ4n) is 2.11. The lowest BCUT2D eigenvalue weighted by Crippen LogP contribution is -2.41. The summed E-state index contributed by atoms with van der Waals surface area (Å²) in [5.41, 5.74) is -1.82. The molecule has 9 heteroatoms. The van der Waals surface area contributed by atoms with Crippen LogP contribution in [0.1, 0.15) is 33.3 Å². The van der Waals surface area contributed by atoms with E-state index < -0.39 is 22.8 Å². The highest BCUT2D eigenvalue weighted by atomic mass is 19.4. The van der Waals surface area contributed by atoms with Crippen LogP contribution in [0.5, 0.6) is 0 Å². The van der Waals surface area contributed by atoms with Gasteiger partial charge in [0.2, 0.25) is 0 Å². The van der Waals surface area contributed by atoms with E-state index in [1.54, 1.807) is 32.8 Å². The summed E-state index contributed by atoms with van der Waals surface area (Å²) in [6.07, 6.45) is -2.73. The summed E-state index contributed by atoms with van der Waals surface area (Å²) >= 11 is 0. The van der Waals surface area contributed by atoms with Crippen molar-refractivity contribution in [3.63, 3.8) is 0 Å². The molecule has 0 saturated heterocycles. The number of nitrogens with zero attached hydrogens (tertiary/aromatic N) is 3. The van der Waals surface area contributed by atoms with E-state index in [2.05, 4.69) is 5.10 Å². The van der Waals surface area contributed by atoms with Crippen molar-refractivity contribution in [2.75, 3.05) is 19.3 Å². The number of benzene rings is 1. The number of hydrogen-bond donors (Lipinski definition) is 2. The Kier molecular flexibility index (Phi) is 6.76. The van der Waals surface area contributed by atoms with Gasteiger partial charge in [-0.25, -0.2) is 0 Å². The molecule has 0 atom stereocenters. The van der Waals surface area contributed by atoms with Crippen molar-refractivity contribution in [2.24, 2.45) is 10.5 Å². The van der Waals surface area contributed by atoms with Crippen LogP contribution >= 0.6 is 0 Å². The van der Waals surface area contributed by atoms with Crippen LogP contribution in [-0.4, -0.2) is 48.5 Å². The summed E-state index contributed by atoms with van der Waals surface area (Å²) in [4.78, 5) is 1.55. The third kappa shape index (κ3) is 5.91. The lowest BCUT2D eigenvalue weighted by atomic mass is 9.55. The minimum Gasteiger partial charge on any atom is -0.390 e. The van der Waals surface area contributed by atoms with Crippen LogP contribution in [0.2, 0.25) is 6.32 Å². The fraction of sp³-hybridized carbons (Fsp3) is 0.588. The summed E-state index contributed by atoms with van der Waals surface area (Å²) < 4.78 is 39.1. The van der Waals surface area contributed by atoms with Crippen molar-refractivity contribution in [3.05, 3.63) is 23.8 Å². The SMILES string of the molecule is CN(C)/C=N/N(O)c1cc(C(F)(F)F)ccc1BCC(C)(C)C(C)(C)O. The van der Waals surface area contributed by atoms with Crippen molar-refractivity contribution < 1.29 is 23.5 Å². The average molecular weight is 373 g/mol. The summed E-state index contributed by atoms with van der Waals surface area (Å²) in [5.74, 6) is 0. The van der Waals surface area contributed by atoms with E-state index in [0.29, 0.717) is 24.2 Å². The Bertz CT molecular complexity index is 641. The van der Waals surface area contributed by atoms with Crippen LogP contribution in [0.25, 0.3) is 0 Å². The highest BCUT2D eigenvalue weighted by Gasteiger charge is 2.35. The highest BCUT2D eigenvalue weighted by molar-refractivity contribution is 6.55. The number of aliphatic hydroxyl groups is 1. The normalized spacial score (nSPS) is 13.2. The smallest absolute Gasteiger partial charge is 0.390 e. The van der Waals surface area contributed by atoms with Crippen molar-refractivity contribution in [1.29, 1.82) is 0 Å². The summed E-state index contributed by atoms with van der Waals surface area (Å²) in [6, 6.07) is 3.20. The minimum absolute atomic E-state index is 0.0375. The second-order valence-electron chi connectivity index (χ2n) is 7.77. The zero-order chi connectivity index (χ0) is 20.3. The Labute approximate surface area is 153 Å². The van der Waals surface area contributed by atoms with Gasteiger partial charge in [-0.05, 0) is 25.3 Å². The van der Waals surface area contributed by atoms with E-state index in [1.807, 2.05) is 13.8 Å². The molecule has 0 saturated carbocycles. The van der Waals surface area contributed by atoms with Gasteiger partial charge in [0, 0.05) is 14.1 Å². The maximum absolute atomic E-state index is 13.0. The molecule has 0 amide bonds. The number of anilines is 1. The zero-order valence-electron chi connectivity index (χ0n) is 16.1. The Morgan fingerprint density at radius 1 is 1.15 bits per heavy atom. The molecule has 0 aliphatic heterocycles. The molecule has 1 rings (SSSR count). The fourth-order valence-corrected chi connectivity index (χ4v) is 2.11. The summed E-state index contributed by atoms with van der Waals surface area (Å²) in [6.45, 7) is 7.16. The van der Waals surface area contributed by atoms with Crippen LogP contribution in [0, 0.1) is 5.41 Å². The molecule has 146 valence electrons. The first kappa shape index (κ1) is 22.3. The third-order valence-electron chi connectivity index (χ3n) is 4.70. The minimum atomic E-state index is -4.52. The van der Waals surface area contributed by atoms with E-state index in [1.165, 1.54) is 12.4 Å². The molecule has 0 aromatic heterocycles. The topological polar surface area (TPSA) is 59.3 Å². The third-order valence-corrected chi connectivity index (χ3v) is 4.70. The summed E-state index contributed by atoms with van der Waals surface area (Å²) in [5, 5.41) is 24.6. The maximum Gasteiger partial charge on any atom is 0.416 e. The van der Waals surface area contributed by atoms with Crippen LogP contribution in [0.3, 0.4) is 0 Å². The molecular formula is C17H27BF3N3O2. The number of alkyl halides is 3. The van der Waals surface area contributed by atoms with E-state index in [9.17, 15) is 23.5 Å². The molecule has 0 bridgehead atoms. The molecule has 0 unspecified atom stereocenters. The van der Waals surface area contributed by atoms with Gasteiger partial charge in [0.1, 0.15) is 6.34 Å². The Balaban J connectivity index is 3.21. The largest absolute Gasteiger partial charge is 0.416 e. The highest BCUT2D eigenvalue weighted by Crippen LogP contribution is 2.35. The quantitative estimate of drug-likeness (QED) is 0.334. The molecule has 26 heavy (non-hydrogen) atoms. The van der Waals surface area contributed by atoms with Gasteiger partial charge < -0.3 is 10.0 Å². The molecule has 5 nitrogen and oxygen atoms in total. The standard InChI is InChI=1S/C17H27BF3N3O2/c1-15(2,16(3,4)25)10-18-13-8-7-12(17(19,20)21)9-14(13)24(26)22-11-23(5)6/h7-9,11,18,25-26H,10H2,1-6H3/b22-11+. The first-order valence-electron chi connectivity index (χ1n) is 8.27. The number of halogens is 3. The van der Waals surface area contributed by atoms with Crippen molar-refractivity contribution >= 4 is 24.8 Å². The molecule has 0 radical (unpaired) electrons. The van der Waals surface area contributed by atoms with Crippen LogP contribution in [-0.2, 0) is 6.18 Å². The number of rotatable bonds is 7. The van der Waals surface area contributed by atoms with Gasteiger partial charge in [-0.3, -0.25) is 5.21 Å². The van der Waals surface area contributed by atoms with Gasteiger partial charge in [0.15, 0.2) is 7.28 Å². The average Bonchev–Trinajstić information content (AvgIpc) is 2.48. The molecule has 1 aromatic rings. The van der Waals surface area contributed by atoms with Gasteiger partial charge in [0.25, 0.3) is 0 Å². The lowest BCUT2D eigenvalue weighted by molar-refractivity contribution is -0.137. The van der Waals surface area contributed by atoms with E-state index >= 15 is 0 Å². The van der Waals surface area contributed by atoms with E-state index in [4.69, 9.17) is 0 Å². The molecule has 1 aromatic carbocycles. The van der Waals surface area contributed by atoms with E-state index in [-0.39, 0.29) is 5.69 Å². The molecule has 2 N–H and O–H groups in total. The van der Waals surface area contributed by atoms with Gasteiger partial charge in [-0.2, -0.15) is 13.2 Å². The van der Waals surface area contributed by atoms with Gasteiger partial charge in [-0.15, -0.1) is 10.3 Å². The Morgan fingerprint density at radius 2 is 1.73 bits per heavy atom. The predicted octanol–water partition coefficient (Wildman–Crippen LogP) is 2.68. The molecule has 0 fully saturated rings. The van der Waals surface area contributed by atoms with Gasteiger partial charge in [-0.1, -0.05) is 37.8 Å². The van der Waals surface area contributed by atoms with Crippen LogP contribution in [0.15, 0.2) is 23.3 Å². The first-order valence-corrected chi connectivity index (χ1v) is 8.27. The maximum atomic E-state index is 13.0. The molecule has 0 aliphatic carbocycles. The second kappa shape index (κ2) is 7.88. The van der Waals surface area contributed by atoms with Gasteiger partial charge in [0.05, 0.1) is 16.9 Å².